The number of benzene rings is 2. The lowest BCUT2D eigenvalue weighted by atomic mass is 10.2. The predicted molar refractivity (Wildman–Crippen MR) is 94.9 cm³/mol. The van der Waals surface area contributed by atoms with Gasteiger partial charge < -0.3 is 14.0 Å². The molecule has 0 radical (unpaired) electrons. The van der Waals surface area contributed by atoms with Crippen LogP contribution in [0.25, 0.3) is 10.2 Å². The molecule has 0 atom stereocenters. The van der Waals surface area contributed by atoms with Crippen LogP contribution in [0.3, 0.4) is 0 Å². The van der Waals surface area contributed by atoms with Crippen molar-refractivity contribution in [2.75, 3.05) is 14.2 Å². The first-order valence-electron chi connectivity index (χ1n) is 7.58. The van der Waals surface area contributed by atoms with Crippen molar-refractivity contribution in [3.8, 4) is 11.5 Å². The van der Waals surface area contributed by atoms with Gasteiger partial charge in [0.15, 0.2) is 16.3 Å². The maximum Gasteiger partial charge on any atom is 0.283 e. The van der Waals surface area contributed by atoms with Crippen LogP contribution in [-0.2, 0) is 6.54 Å². The summed E-state index contributed by atoms with van der Waals surface area (Å²) in [5.41, 5.74) is 1.46. The van der Waals surface area contributed by atoms with Crippen LogP contribution in [0, 0.1) is 0 Å². The quantitative estimate of drug-likeness (QED) is 0.729. The SMILES string of the molecule is CCn1c(=NC(=O)c2cccc(OC)c2OC)sc2ccccc21. The lowest BCUT2D eigenvalue weighted by molar-refractivity contribution is 0.0994. The molecule has 3 rings (SSSR count). The van der Waals surface area contributed by atoms with Crippen LogP contribution in [0.4, 0.5) is 0 Å². The highest BCUT2D eigenvalue weighted by atomic mass is 32.1. The number of rotatable bonds is 4. The van der Waals surface area contributed by atoms with Gasteiger partial charge in [-0.15, -0.1) is 0 Å². The molecular weight excluding hydrogens is 324 g/mol. The molecule has 0 aliphatic rings. The third kappa shape index (κ3) is 2.80. The molecule has 0 aliphatic carbocycles. The number of fused-ring (bicyclic) bond motifs is 1. The molecule has 6 heteroatoms. The largest absolute Gasteiger partial charge is 0.493 e. The Morgan fingerprint density at radius 3 is 2.62 bits per heavy atom. The second kappa shape index (κ2) is 6.88. The van der Waals surface area contributed by atoms with Crippen molar-refractivity contribution in [1.29, 1.82) is 0 Å². The second-order valence-electron chi connectivity index (χ2n) is 5.05. The molecule has 124 valence electrons. The van der Waals surface area contributed by atoms with Gasteiger partial charge in [-0.3, -0.25) is 4.79 Å². The maximum atomic E-state index is 12.7. The number of carbonyl (C=O) groups excluding carboxylic acids is 1. The number of carbonyl (C=O) groups is 1. The summed E-state index contributed by atoms with van der Waals surface area (Å²) in [6.45, 7) is 2.78. The third-order valence-corrected chi connectivity index (χ3v) is 4.79. The van der Waals surface area contributed by atoms with E-state index in [2.05, 4.69) is 4.99 Å². The Morgan fingerprint density at radius 2 is 1.92 bits per heavy atom. The minimum Gasteiger partial charge on any atom is -0.493 e. The first-order chi connectivity index (χ1) is 11.7. The Labute approximate surface area is 143 Å². The zero-order valence-corrected chi connectivity index (χ0v) is 14.6. The van der Waals surface area contributed by atoms with Crippen molar-refractivity contribution < 1.29 is 14.3 Å². The van der Waals surface area contributed by atoms with E-state index in [-0.39, 0.29) is 5.91 Å². The van der Waals surface area contributed by atoms with E-state index in [9.17, 15) is 4.79 Å². The highest BCUT2D eigenvalue weighted by Crippen LogP contribution is 2.31. The lowest BCUT2D eigenvalue weighted by Gasteiger charge is -2.09. The van der Waals surface area contributed by atoms with Gasteiger partial charge in [0.2, 0.25) is 0 Å². The Hall–Kier alpha value is -2.60. The van der Waals surface area contributed by atoms with Gasteiger partial charge in [0.25, 0.3) is 5.91 Å². The number of para-hydroxylation sites is 2. The maximum absolute atomic E-state index is 12.7. The summed E-state index contributed by atoms with van der Waals surface area (Å²) in [6, 6.07) is 13.2. The lowest BCUT2D eigenvalue weighted by Crippen LogP contribution is -2.16. The van der Waals surface area contributed by atoms with Gasteiger partial charge >= 0.3 is 0 Å². The summed E-state index contributed by atoms with van der Waals surface area (Å²) in [5.74, 6) is 0.565. The summed E-state index contributed by atoms with van der Waals surface area (Å²) < 4.78 is 13.7. The predicted octanol–water partition coefficient (Wildman–Crippen LogP) is 3.48. The van der Waals surface area contributed by atoms with Crippen LogP contribution in [0.1, 0.15) is 17.3 Å². The minimum absolute atomic E-state index is 0.348. The number of aryl methyl sites for hydroxylation is 1. The van der Waals surface area contributed by atoms with E-state index in [0.29, 0.717) is 21.9 Å². The first kappa shape index (κ1) is 16.3. The van der Waals surface area contributed by atoms with Crippen LogP contribution in [0.15, 0.2) is 47.5 Å². The molecule has 0 spiro atoms. The van der Waals surface area contributed by atoms with Crippen LogP contribution >= 0.6 is 11.3 Å². The van der Waals surface area contributed by atoms with E-state index >= 15 is 0 Å². The zero-order chi connectivity index (χ0) is 17.1. The molecule has 0 fully saturated rings. The van der Waals surface area contributed by atoms with Crippen molar-refractivity contribution in [2.45, 2.75) is 13.5 Å². The fourth-order valence-corrected chi connectivity index (χ4v) is 3.71. The standard InChI is InChI=1S/C18H18N2O3S/c1-4-20-13-9-5-6-11-15(13)24-18(20)19-17(21)12-8-7-10-14(22-2)16(12)23-3/h5-11H,4H2,1-3H3. The summed E-state index contributed by atoms with van der Waals surface area (Å²) >= 11 is 1.50. The summed E-state index contributed by atoms with van der Waals surface area (Å²) in [6.07, 6.45) is 0. The van der Waals surface area contributed by atoms with Gasteiger partial charge in [-0.2, -0.15) is 4.99 Å². The molecule has 1 heterocycles. The Bertz CT molecular complexity index is 956. The first-order valence-corrected chi connectivity index (χ1v) is 8.39. The molecule has 1 amide bonds. The van der Waals surface area contributed by atoms with E-state index in [4.69, 9.17) is 9.47 Å². The zero-order valence-electron chi connectivity index (χ0n) is 13.8. The van der Waals surface area contributed by atoms with Crippen molar-refractivity contribution in [2.24, 2.45) is 4.99 Å². The average molecular weight is 342 g/mol. The van der Waals surface area contributed by atoms with Gasteiger partial charge in [-0.1, -0.05) is 29.5 Å². The monoisotopic (exact) mass is 342 g/mol. The summed E-state index contributed by atoms with van der Waals surface area (Å²) in [7, 11) is 3.06. The molecule has 5 nitrogen and oxygen atoms in total. The van der Waals surface area contributed by atoms with E-state index in [1.54, 1.807) is 25.3 Å². The number of amides is 1. The molecular formula is C18H18N2O3S. The Balaban J connectivity index is 2.14. The Kier molecular flexibility index (Phi) is 4.66. The van der Waals surface area contributed by atoms with Crippen LogP contribution in [-0.4, -0.2) is 24.7 Å². The van der Waals surface area contributed by atoms with Crippen molar-refractivity contribution in [1.82, 2.24) is 4.57 Å². The number of hydrogen-bond acceptors (Lipinski definition) is 4. The van der Waals surface area contributed by atoms with Gasteiger partial charge in [0, 0.05) is 6.54 Å². The van der Waals surface area contributed by atoms with Gasteiger partial charge in [0.05, 0.1) is 30.0 Å². The van der Waals surface area contributed by atoms with Crippen LogP contribution in [0.5, 0.6) is 11.5 Å². The number of hydrogen-bond donors (Lipinski definition) is 0. The Morgan fingerprint density at radius 1 is 1.12 bits per heavy atom. The molecule has 0 saturated carbocycles. The molecule has 0 aliphatic heterocycles. The highest BCUT2D eigenvalue weighted by molar-refractivity contribution is 7.16. The van der Waals surface area contributed by atoms with Crippen molar-refractivity contribution in [3.63, 3.8) is 0 Å². The van der Waals surface area contributed by atoms with E-state index in [1.165, 1.54) is 18.4 Å². The normalized spacial score (nSPS) is 11.7. The number of ether oxygens (including phenoxy) is 2. The molecule has 0 N–H and O–H groups in total. The van der Waals surface area contributed by atoms with Gasteiger partial charge in [0.1, 0.15) is 0 Å². The number of nitrogens with zero attached hydrogens (tertiary/aromatic N) is 2. The molecule has 0 saturated heterocycles. The smallest absolute Gasteiger partial charge is 0.283 e. The van der Waals surface area contributed by atoms with Crippen LogP contribution < -0.4 is 14.3 Å². The fraction of sp³-hybridized carbons (Fsp3) is 0.222. The van der Waals surface area contributed by atoms with Crippen molar-refractivity contribution >= 4 is 27.5 Å². The van der Waals surface area contributed by atoms with Gasteiger partial charge in [-0.25, -0.2) is 0 Å². The van der Waals surface area contributed by atoms with E-state index < -0.39 is 0 Å². The number of thiazole rings is 1. The van der Waals surface area contributed by atoms with Crippen LogP contribution in [0.2, 0.25) is 0 Å². The molecule has 1 aromatic heterocycles. The minimum atomic E-state index is -0.348. The molecule has 3 aromatic rings. The molecule has 2 aromatic carbocycles. The highest BCUT2D eigenvalue weighted by Gasteiger charge is 2.16. The third-order valence-electron chi connectivity index (χ3n) is 3.73. The molecule has 0 unspecified atom stereocenters. The van der Waals surface area contributed by atoms with E-state index in [0.717, 1.165) is 16.8 Å². The number of aromatic nitrogens is 1. The second-order valence-corrected chi connectivity index (χ2v) is 6.06. The molecule has 24 heavy (non-hydrogen) atoms. The number of methoxy groups -OCH3 is 2. The van der Waals surface area contributed by atoms with Crippen molar-refractivity contribution in [3.05, 3.63) is 52.8 Å². The van der Waals surface area contributed by atoms with E-state index in [1.807, 2.05) is 35.8 Å². The topological polar surface area (TPSA) is 52.8 Å². The summed E-state index contributed by atoms with van der Waals surface area (Å²) in [4.78, 5) is 17.7. The summed E-state index contributed by atoms with van der Waals surface area (Å²) in [5, 5.41) is 0. The average Bonchev–Trinajstić information content (AvgIpc) is 2.97. The molecule has 0 bridgehead atoms. The van der Waals surface area contributed by atoms with Gasteiger partial charge in [-0.05, 0) is 31.2 Å². The fourth-order valence-electron chi connectivity index (χ4n) is 2.61.